The van der Waals surface area contributed by atoms with Crippen molar-refractivity contribution in [2.75, 3.05) is 0 Å². The second-order valence-corrected chi connectivity index (χ2v) is 8.40. The Hall–Kier alpha value is -2.94. The molecule has 1 rings (SSSR count). The summed E-state index contributed by atoms with van der Waals surface area (Å²) in [5.74, 6) is -3.03. The lowest BCUT2D eigenvalue weighted by atomic mass is 9.95. The minimum atomic E-state index is -1.10. The van der Waals surface area contributed by atoms with E-state index in [0.29, 0.717) is 6.42 Å². The molecule has 178 valence electrons. The van der Waals surface area contributed by atoms with Gasteiger partial charge < -0.3 is 15.3 Å². The van der Waals surface area contributed by atoms with E-state index in [4.69, 9.17) is 5.21 Å². The molecule has 0 aliphatic carbocycles. The van der Waals surface area contributed by atoms with Crippen molar-refractivity contribution in [3.05, 3.63) is 35.9 Å². The summed E-state index contributed by atoms with van der Waals surface area (Å²) in [5.41, 5.74) is 2.24. The van der Waals surface area contributed by atoms with Crippen LogP contribution in [0.3, 0.4) is 0 Å². The lowest BCUT2D eigenvalue weighted by Crippen LogP contribution is -2.56. The van der Waals surface area contributed by atoms with Gasteiger partial charge in [-0.25, -0.2) is 10.3 Å². The molecule has 9 nitrogen and oxygen atoms in total. The molecule has 32 heavy (non-hydrogen) atoms. The van der Waals surface area contributed by atoms with Crippen LogP contribution in [0.4, 0.5) is 0 Å². The minimum Gasteiger partial charge on any atom is -0.480 e. The molecule has 0 saturated heterocycles. The number of carbonyl (C=O) groups excluding carboxylic acids is 3. The van der Waals surface area contributed by atoms with Gasteiger partial charge >= 0.3 is 5.97 Å². The van der Waals surface area contributed by atoms with E-state index in [1.807, 2.05) is 58.0 Å². The SMILES string of the molecule is CC[C@H](C)[C@H](NC(=O)CCC(=O)NO)C(=O)N(Cc1ccccc1)[C@@H](CC(C)C)C(=O)O. The van der Waals surface area contributed by atoms with Crippen molar-refractivity contribution in [2.45, 2.75) is 72.0 Å². The Balaban J connectivity index is 3.22. The average molecular weight is 450 g/mol. The third-order valence-electron chi connectivity index (χ3n) is 5.33. The third kappa shape index (κ3) is 8.66. The van der Waals surface area contributed by atoms with Crippen LogP contribution in [0.5, 0.6) is 0 Å². The minimum absolute atomic E-state index is 0.0378. The van der Waals surface area contributed by atoms with E-state index in [0.717, 1.165) is 5.56 Å². The maximum absolute atomic E-state index is 13.6. The number of nitrogens with one attached hydrogen (secondary N) is 2. The van der Waals surface area contributed by atoms with Crippen LogP contribution in [0, 0.1) is 11.8 Å². The summed E-state index contributed by atoms with van der Waals surface area (Å²) < 4.78 is 0. The Morgan fingerprint density at radius 1 is 1.00 bits per heavy atom. The van der Waals surface area contributed by atoms with Crippen molar-refractivity contribution in [3.8, 4) is 0 Å². The molecule has 1 aromatic carbocycles. The zero-order chi connectivity index (χ0) is 24.3. The number of carboxylic acid groups (broad SMARTS) is 1. The summed E-state index contributed by atoms with van der Waals surface area (Å²) in [6, 6.07) is 7.11. The van der Waals surface area contributed by atoms with Crippen molar-refractivity contribution in [1.29, 1.82) is 0 Å². The molecule has 3 amide bonds. The first-order chi connectivity index (χ1) is 15.1. The predicted molar refractivity (Wildman–Crippen MR) is 118 cm³/mol. The van der Waals surface area contributed by atoms with Gasteiger partial charge in [0.2, 0.25) is 17.7 Å². The number of hydrogen-bond donors (Lipinski definition) is 4. The standard InChI is InChI=1S/C23H35N3O6/c1-5-16(4)21(24-19(27)11-12-20(28)25-32)22(29)26(14-17-9-7-6-8-10-17)18(23(30)31)13-15(2)3/h6-10,15-16,18,21,32H,5,11-14H2,1-4H3,(H,24,27)(H,25,28)(H,30,31)/t16-,18-,21-/m0/s1. The number of nitrogens with zero attached hydrogens (tertiary/aromatic N) is 1. The van der Waals surface area contributed by atoms with E-state index in [1.54, 1.807) is 0 Å². The van der Waals surface area contributed by atoms with E-state index in [-0.39, 0.29) is 37.6 Å². The molecule has 0 aliphatic rings. The van der Waals surface area contributed by atoms with Crippen LogP contribution in [0.25, 0.3) is 0 Å². The fourth-order valence-electron chi connectivity index (χ4n) is 3.32. The second-order valence-electron chi connectivity index (χ2n) is 8.40. The first-order valence-electron chi connectivity index (χ1n) is 10.9. The Morgan fingerprint density at radius 3 is 2.09 bits per heavy atom. The number of amides is 3. The highest BCUT2D eigenvalue weighted by Crippen LogP contribution is 2.20. The third-order valence-corrected chi connectivity index (χ3v) is 5.33. The molecule has 0 aromatic heterocycles. The van der Waals surface area contributed by atoms with Gasteiger partial charge in [0.1, 0.15) is 12.1 Å². The van der Waals surface area contributed by atoms with Gasteiger partial charge in [0.25, 0.3) is 0 Å². The van der Waals surface area contributed by atoms with Crippen LogP contribution in [-0.4, -0.2) is 51.0 Å². The number of rotatable bonds is 13. The summed E-state index contributed by atoms with van der Waals surface area (Å²) in [4.78, 5) is 50.7. The number of hydrogen-bond acceptors (Lipinski definition) is 5. The molecule has 0 spiro atoms. The molecular weight excluding hydrogens is 414 g/mol. The van der Waals surface area contributed by atoms with Crippen LogP contribution in [0.1, 0.15) is 58.9 Å². The van der Waals surface area contributed by atoms with Gasteiger partial charge in [-0.05, 0) is 23.8 Å². The Bertz CT molecular complexity index is 768. The van der Waals surface area contributed by atoms with Gasteiger partial charge in [-0.15, -0.1) is 0 Å². The van der Waals surface area contributed by atoms with Crippen molar-refractivity contribution >= 4 is 23.7 Å². The average Bonchev–Trinajstić information content (AvgIpc) is 2.77. The Morgan fingerprint density at radius 2 is 1.59 bits per heavy atom. The molecule has 0 aliphatic heterocycles. The largest absolute Gasteiger partial charge is 0.480 e. The van der Waals surface area contributed by atoms with Gasteiger partial charge in [-0.3, -0.25) is 19.6 Å². The van der Waals surface area contributed by atoms with Crippen molar-refractivity contribution in [2.24, 2.45) is 11.8 Å². The molecular formula is C23H35N3O6. The fourth-order valence-corrected chi connectivity index (χ4v) is 3.32. The summed E-state index contributed by atoms with van der Waals surface area (Å²) >= 11 is 0. The molecule has 0 saturated carbocycles. The van der Waals surface area contributed by atoms with Gasteiger partial charge in [0.05, 0.1) is 0 Å². The van der Waals surface area contributed by atoms with Crippen LogP contribution in [-0.2, 0) is 25.7 Å². The zero-order valence-electron chi connectivity index (χ0n) is 19.2. The number of aliphatic carboxylic acids is 1. The first-order valence-corrected chi connectivity index (χ1v) is 10.9. The first kappa shape index (κ1) is 27.1. The van der Waals surface area contributed by atoms with E-state index in [9.17, 15) is 24.3 Å². The van der Waals surface area contributed by atoms with Crippen molar-refractivity contribution in [3.63, 3.8) is 0 Å². The van der Waals surface area contributed by atoms with Gasteiger partial charge in [-0.2, -0.15) is 0 Å². The van der Waals surface area contributed by atoms with Gasteiger partial charge in [0, 0.05) is 19.4 Å². The smallest absolute Gasteiger partial charge is 0.326 e. The van der Waals surface area contributed by atoms with Crippen LogP contribution in [0.2, 0.25) is 0 Å². The van der Waals surface area contributed by atoms with Gasteiger partial charge in [-0.1, -0.05) is 64.4 Å². The monoisotopic (exact) mass is 449 g/mol. The highest BCUT2D eigenvalue weighted by molar-refractivity contribution is 5.91. The van der Waals surface area contributed by atoms with E-state index in [2.05, 4.69) is 5.32 Å². The number of carbonyl (C=O) groups is 4. The van der Waals surface area contributed by atoms with E-state index >= 15 is 0 Å². The number of carboxylic acids is 1. The number of benzene rings is 1. The quantitative estimate of drug-likeness (QED) is 0.270. The van der Waals surface area contributed by atoms with Crippen molar-refractivity contribution < 1.29 is 29.5 Å². The van der Waals surface area contributed by atoms with Crippen LogP contribution in [0.15, 0.2) is 30.3 Å². The van der Waals surface area contributed by atoms with E-state index in [1.165, 1.54) is 10.4 Å². The Kier molecular flexibility index (Phi) is 11.4. The fraction of sp³-hybridized carbons (Fsp3) is 0.565. The zero-order valence-corrected chi connectivity index (χ0v) is 19.2. The molecule has 0 fully saturated rings. The summed E-state index contributed by atoms with van der Waals surface area (Å²) in [5, 5.41) is 21.2. The molecule has 0 heterocycles. The van der Waals surface area contributed by atoms with Crippen LogP contribution < -0.4 is 10.8 Å². The van der Waals surface area contributed by atoms with Crippen molar-refractivity contribution in [1.82, 2.24) is 15.7 Å². The predicted octanol–water partition coefficient (Wildman–Crippen LogP) is 2.33. The second kappa shape index (κ2) is 13.5. The lowest BCUT2D eigenvalue weighted by Gasteiger charge is -2.35. The normalized spacial score (nSPS) is 13.7. The van der Waals surface area contributed by atoms with Gasteiger partial charge in [0.15, 0.2) is 0 Å². The Labute approximate surface area is 189 Å². The highest BCUT2D eigenvalue weighted by atomic mass is 16.5. The maximum Gasteiger partial charge on any atom is 0.326 e. The molecule has 3 atom stereocenters. The summed E-state index contributed by atoms with van der Waals surface area (Å²) in [6.07, 6.45) is 0.406. The molecule has 1 aromatic rings. The molecule has 0 unspecified atom stereocenters. The number of hydroxylamine groups is 1. The molecule has 9 heteroatoms. The van der Waals surface area contributed by atoms with Crippen LogP contribution >= 0.6 is 0 Å². The molecule has 0 bridgehead atoms. The molecule has 4 N–H and O–H groups in total. The molecule has 0 radical (unpaired) electrons. The summed E-state index contributed by atoms with van der Waals surface area (Å²) in [7, 11) is 0. The maximum atomic E-state index is 13.6. The lowest BCUT2D eigenvalue weighted by molar-refractivity contribution is -0.153. The topological polar surface area (TPSA) is 136 Å². The van der Waals surface area contributed by atoms with E-state index < -0.39 is 35.8 Å². The highest BCUT2D eigenvalue weighted by Gasteiger charge is 2.36. The summed E-state index contributed by atoms with van der Waals surface area (Å²) in [6.45, 7) is 7.56.